The van der Waals surface area contributed by atoms with Gasteiger partial charge in [-0.3, -0.25) is 4.79 Å². The molecule has 4 rings (SSSR count). The van der Waals surface area contributed by atoms with Crippen LogP contribution in [0.5, 0.6) is 5.75 Å². The lowest BCUT2D eigenvalue weighted by Crippen LogP contribution is -2.19. The topological polar surface area (TPSA) is 68.4 Å². The number of benzene rings is 2. The highest BCUT2D eigenvalue weighted by Crippen LogP contribution is 2.36. The number of rotatable bonds is 6. The number of hydrogen-bond acceptors (Lipinski definition) is 4. The molecule has 1 aromatic heterocycles. The van der Waals surface area contributed by atoms with Gasteiger partial charge in [-0.15, -0.1) is 0 Å². The van der Waals surface area contributed by atoms with Gasteiger partial charge in [0.25, 0.3) is 0 Å². The standard InChI is InChI=1S/C25H25NO4/c1-3-30-25(28)24-20(13-16-7-5-4-6-8-16)23-21(26-24)14-18(15-22(23)27)17-9-11-19(29-2)12-10-17/h4-12,18,26H,3,13-15H2,1-2H3/t18-/m0/s1. The molecule has 1 atom stereocenters. The van der Waals surface area contributed by atoms with Crippen LogP contribution in [0.4, 0.5) is 0 Å². The molecule has 5 heteroatoms. The molecule has 1 aliphatic carbocycles. The van der Waals surface area contributed by atoms with Crippen LogP contribution in [0.25, 0.3) is 0 Å². The Labute approximate surface area is 176 Å². The Hall–Kier alpha value is -3.34. The van der Waals surface area contributed by atoms with Gasteiger partial charge >= 0.3 is 5.97 Å². The van der Waals surface area contributed by atoms with Gasteiger partial charge < -0.3 is 14.5 Å². The molecule has 0 spiro atoms. The van der Waals surface area contributed by atoms with Crippen molar-refractivity contribution in [3.63, 3.8) is 0 Å². The molecule has 0 saturated carbocycles. The van der Waals surface area contributed by atoms with Gasteiger partial charge in [-0.2, -0.15) is 0 Å². The fraction of sp³-hybridized carbons (Fsp3) is 0.280. The molecule has 1 N–H and O–H groups in total. The van der Waals surface area contributed by atoms with E-state index in [1.54, 1.807) is 14.0 Å². The van der Waals surface area contributed by atoms with Crippen molar-refractivity contribution in [3.8, 4) is 5.75 Å². The number of H-pyrrole nitrogens is 1. The zero-order valence-electron chi connectivity index (χ0n) is 17.2. The van der Waals surface area contributed by atoms with Crippen molar-refractivity contribution in [1.82, 2.24) is 4.98 Å². The number of fused-ring (bicyclic) bond motifs is 1. The van der Waals surface area contributed by atoms with Gasteiger partial charge in [0.1, 0.15) is 11.4 Å². The number of aromatic nitrogens is 1. The smallest absolute Gasteiger partial charge is 0.355 e. The van der Waals surface area contributed by atoms with Gasteiger partial charge in [0.05, 0.1) is 13.7 Å². The number of hydrogen-bond donors (Lipinski definition) is 1. The first-order chi connectivity index (χ1) is 14.6. The highest BCUT2D eigenvalue weighted by atomic mass is 16.5. The van der Waals surface area contributed by atoms with Crippen molar-refractivity contribution in [1.29, 1.82) is 0 Å². The van der Waals surface area contributed by atoms with Gasteiger partial charge in [-0.1, -0.05) is 42.5 Å². The van der Waals surface area contributed by atoms with Gasteiger partial charge in [0.15, 0.2) is 5.78 Å². The molecule has 0 fully saturated rings. The predicted molar refractivity (Wildman–Crippen MR) is 114 cm³/mol. The van der Waals surface area contributed by atoms with E-state index in [1.807, 2.05) is 54.6 Å². The van der Waals surface area contributed by atoms with Crippen LogP contribution < -0.4 is 4.74 Å². The molecule has 1 aliphatic rings. The monoisotopic (exact) mass is 403 g/mol. The minimum Gasteiger partial charge on any atom is -0.497 e. The van der Waals surface area contributed by atoms with Crippen LogP contribution in [0.15, 0.2) is 54.6 Å². The quantitative estimate of drug-likeness (QED) is 0.606. The summed E-state index contributed by atoms with van der Waals surface area (Å²) in [5.41, 5.74) is 4.76. The summed E-state index contributed by atoms with van der Waals surface area (Å²) in [6.07, 6.45) is 1.61. The number of carbonyl (C=O) groups is 2. The summed E-state index contributed by atoms with van der Waals surface area (Å²) < 4.78 is 10.5. The van der Waals surface area contributed by atoms with Crippen molar-refractivity contribution in [3.05, 3.63) is 88.2 Å². The summed E-state index contributed by atoms with van der Waals surface area (Å²) in [7, 11) is 1.63. The molecule has 0 bridgehead atoms. The fourth-order valence-corrected chi connectivity index (χ4v) is 4.20. The lowest BCUT2D eigenvalue weighted by Gasteiger charge is -2.22. The molecule has 154 valence electrons. The molecule has 1 heterocycles. The van der Waals surface area contributed by atoms with Crippen LogP contribution in [-0.2, 0) is 17.6 Å². The van der Waals surface area contributed by atoms with Crippen molar-refractivity contribution in [2.24, 2.45) is 0 Å². The number of carbonyl (C=O) groups excluding carboxylic acids is 2. The van der Waals surface area contributed by atoms with Crippen LogP contribution in [0, 0.1) is 0 Å². The number of esters is 1. The predicted octanol–water partition coefficient (Wildman–Crippen LogP) is 4.70. The first-order valence-electron chi connectivity index (χ1n) is 10.2. The summed E-state index contributed by atoms with van der Waals surface area (Å²) in [6.45, 7) is 2.07. The van der Waals surface area contributed by atoms with E-state index < -0.39 is 5.97 Å². The van der Waals surface area contributed by atoms with Crippen LogP contribution in [0.2, 0.25) is 0 Å². The zero-order chi connectivity index (χ0) is 21.1. The first-order valence-corrected chi connectivity index (χ1v) is 10.2. The number of ketones is 1. The second-order valence-corrected chi connectivity index (χ2v) is 7.52. The number of methoxy groups -OCH3 is 1. The summed E-state index contributed by atoms with van der Waals surface area (Å²) >= 11 is 0. The van der Waals surface area contributed by atoms with Crippen LogP contribution in [0.3, 0.4) is 0 Å². The number of nitrogens with one attached hydrogen (secondary N) is 1. The number of ether oxygens (including phenoxy) is 2. The summed E-state index contributed by atoms with van der Waals surface area (Å²) in [4.78, 5) is 29.1. The number of Topliss-reactive ketones (excluding diaryl/α,β-unsaturated/α-hetero) is 1. The van der Waals surface area contributed by atoms with Crippen molar-refractivity contribution in [2.75, 3.05) is 13.7 Å². The molecule has 0 unspecified atom stereocenters. The summed E-state index contributed by atoms with van der Waals surface area (Å²) in [5.74, 6) is 0.506. The molecule has 0 saturated heterocycles. The molecule has 0 aliphatic heterocycles. The largest absolute Gasteiger partial charge is 0.497 e. The minimum absolute atomic E-state index is 0.0641. The third kappa shape index (κ3) is 3.88. The molecular weight excluding hydrogens is 378 g/mol. The van der Waals surface area contributed by atoms with E-state index in [-0.39, 0.29) is 18.3 Å². The number of aromatic amines is 1. The van der Waals surface area contributed by atoms with Gasteiger partial charge in [0.2, 0.25) is 0 Å². The summed E-state index contributed by atoms with van der Waals surface area (Å²) in [6, 6.07) is 17.7. The van der Waals surface area contributed by atoms with Crippen molar-refractivity contribution < 1.29 is 19.1 Å². The molecule has 30 heavy (non-hydrogen) atoms. The second kappa shape index (κ2) is 8.57. The molecule has 2 aromatic carbocycles. The van der Waals surface area contributed by atoms with Crippen molar-refractivity contribution >= 4 is 11.8 Å². The lowest BCUT2D eigenvalue weighted by atomic mass is 9.80. The molecule has 0 amide bonds. The third-order valence-electron chi connectivity index (χ3n) is 5.63. The Morgan fingerprint density at radius 2 is 1.80 bits per heavy atom. The summed E-state index contributed by atoms with van der Waals surface area (Å²) in [5, 5.41) is 0. The normalized spacial score (nSPS) is 15.5. The highest BCUT2D eigenvalue weighted by Gasteiger charge is 2.33. The van der Waals surface area contributed by atoms with Crippen LogP contribution in [-0.4, -0.2) is 30.5 Å². The Morgan fingerprint density at radius 3 is 2.47 bits per heavy atom. The highest BCUT2D eigenvalue weighted by molar-refractivity contribution is 6.04. The maximum absolute atomic E-state index is 13.2. The Balaban J connectivity index is 1.71. The van der Waals surface area contributed by atoms with Crippen LogP contribution >= 0.6 is 0 Å². The zero-order valence-corrected chi connectivity index (χ0v) is 17.2. The molecule has 5 nitrogen and oxygen atoms in total. The molecule has 0 radical (unpaired) electrons. The van der Waals surface area contributed by atoms with E-state index in [4.69, 9.17) is 9.47 Å². The Bertz CT molecular complexity index is 1050. The fourth-order valence-electron chi connectivity index (χ4n) is 4.20. The van der Waals surface area contributed by atoms with Crippen LogP contribution in [0.1, 0.15) is 62.5 Å². The first kappa shape index (κ1) is 20.0. The van der Waals surface area contributed by atoms with E-state index in [1.165, 1.54) is 0 Å². The van der Waals surface area contributed by atoms with E-state index in [2.05, 4.69) is 4.98 Å². The second-order valence-electron chi connectivity index (χ2n) is 7.52. The van der Waals surface area contributed by atoms with E-state index in [9.17, 15) is 9.59 Å². The average molecular weight is 403 g/mol. The Morgan fingerprint density at radius 1 is 1.07 bits per heavy atom. The average Bonchev–Trinajstić information content (AvgIpc) is 3.13. The minimum atomic E-state index is -0.411. The van der Waals surface area contributed by atoms with Gasteiger partial charge in [0, 0.05) is 24.1 Å². The maximum atomic E-state index is 13.2. The molecular formula is C25H25NO4. The Kier molecular flexibility index (Phi) is 5.70. The third-order valence-corrected chi connectivity index (χ3v) is 5.63. The van der Waals surface area contributed by atoms with Gasteiger partial charge in [-0.25, -0.2) is 4.79 Å². The maximum Gasteiger partial charge on any atom is 0.355 e. The van der Waals surface area contributed by atoms with E-state index >= 15 is 0 Å². The van der Waals surface area contributed by atoms with Gasteiger partial charge in [-0.05, 0) is 48.1 Å². The van der Waals surface area contributed by atoms with E-state index in [0.29, 0.717) is 30.5 Å². The van der Waals surface area contributed by atoms with Crippen molar-refractivity contribution in [2.45, 2.75) is 32.1 Å². The lowest BCUT2D eigenvalue weighted by molar-refractivity contribution is 0.0519. The van der Waals surface area contributed by atoms with E-state index in [0.717, 1.165) is 28.1 Å². The SMILES string of the molecule is CCOC(=O)c1[nH]c2c(c1Cc1ccccc1)C(=O)C[C@@H](c1ccc(OC)cc1)C2. The molecule has 3 aromatic rings.